The molecule has 1 amide bonds. The number of aromatic nitrogens is 2. The van der Waals surface area contributed by atoms with E-state index in [0.717, 1.165) is 4.90 Å². The molecule has 1 aliphatic rings. The zero-order valence-electron chi connectivity index (χ0n) is 12.8. The molecule has 0 aliphatic carbocycles. The molecule has 1 aromatic rings. The Morgan fingerprint density at radius 3 is 2.65 bits per heavy atom. The monoisotopic (exact) mass is 333 g/mol. The summed E-state index contributed by atoms with van der Waals surface area (Å²) in [6.45, 7) is -1.02. The van der Waals surface area contributed by atoms with Gasteiger partial charge in [-0.15, -0.1) is 0 Å². The summed E-state index contributed by atoms with van der Waals surface area (Å²) in [5.41, 5.74) is 0.318. The minimum atomic E-state index is -4.37. The van der Waals surface area contributed by atoms with Crippen molar-refractivity contribution >= 4 is 17.5 Å². The molecule has 0 aromatic carbocycles. The number of ether oxygens (including phenoxy) is 1. The molecule has 0 bridgehead atoms. The highest BCUT2D eigenvalue weighted by Gasteiger charge is 2.38. The number of halogens is 3. The molecule has 23 heavy (non-hydrogen) atoms. The summed E-state index contributed by atoms with van der Waals surface area (Å²) < 4.78 is 42.9. The summed E-state index contributed by atoms with van der Waals surface area (Å²) in [5, 5.41) is 2.52. The number of anilines is 2. The topological polar surface area (TPSA) is 70.6 Å². The van der Waals surface area contributed by atoms with Crippen LogP contribution in [0, 0.1) is 0 Å². The molecular weight excluding hydrogens is 315 g/mol. The van der Waals surface area contributed by atoms with Gasteiger partial charge in [-0.2, -0.15) is 13.2 Å². The van der Waals surface area contributed by atoms with E-state index in [1.54, 1.807) is 19.0 Å². The van der Waals surface area contributed by atoms with E-state index in [9.17, 15) is 18.0 Å². The number of carbonyl (C=O) groups excluding carboxylic acids is 1. The maximum absolute atomic E-state index is 12.6. The van der Waals surface area contributed by atoms with Crippen LogP contribution in [0.1, 0.15) is 0 Å². The molecule has 10 heteroatoms. The molecule has 1 saturated heterocycles. The average molecular weight is 333 g/mol. The highest BCUT2D eigenvalue weighted by atomic mass is 19.4. The van der Waals surface area contributed by atoms with Gasteiger partial charge in [0.05, 0.1) is 37.8 Å². The van der Waals surface area contributed by atoms with Crippen molar-refractivity contribution in [3.8, 4) is 0 Å². The molecular formula is C13H18F3N5O2. The lowest BCUT2D eigenvalue weighted by molar-refractivity contribution is -0.165. The average Bonchev–Trinajstić information content (AvgIpc) is 2.46. The fraction of sp³-hybridized carbons (Fsp3) is 0.615. The minimum absolute atomic E-state index is 0.0493. The van der Waals surface area contributed by atoms with Crippen molar-refractivity contribution < 1.29 is 22.7 Å². The highest BCUT2D eigenvalue weighted by Crippen LogP contribution is 2.20. The molecule has 1 aromatic heterocycles. The molecule has 7 nitrogen and oxygen atoms in total. The van der Waals surface area contributed by atoms with Crippen LogP contribution in [0.3, 0.4) is 0 Å². The van der Waals surface area contributed by atoms with E-state index < -0.39 is 24.7 Å². The first-order valence-corrected chi connectivity index (χ1v) is 6.95. The summed E-state index contributed by atoms with van der Waals surface area (Å²) in [4.78, 5) is 23.0. The fourth-order valence-electron chi connectivity index (χ4n) is 2.14. The smallest absolute Gasteiger partial charge is 0.378 e. The van der Waals surface area contributed by atoms with E-state index in [1.807, 2.05) is 0 Å². The first kappa shape index (κ1) is 17.4. The van der Waals surface area contributed by atoms with Gasteiger partial charge >= 0.3 is 6.18 Å². The third-order valence-corrected chi connectivity index (χ3v) is 3.23. The molecule has 1 unspecified atom stereocenters. The van der Waals surface area contributed by atoms with Crippen molar-refractivity contribution in [3.05, 3.63) is 12.4 Å². The van der Waals surface area contributed by atoms with Gasteiger partial charge in [-0.25, -0.2) is 9.97 Å². The summed E-state index contributed by atoms with van der Waals surface area (Å²) in [6, 6.07) is -1.00. The number of nitrogens with one attached hydrogen (secondary N) is 1. The molecule has 128 valence electrons. The van der Waals surface area contributed by atoms with Crippen LogP contribution in [0.5, 0.6) is 0 Å². The number of hydrogen-bond acceptors (Lipinski definition) is 6. The Bertz CT molecular complexity index is 535. The molecule has 0 radical (unpaired) electrons. The van der Waals surface area contributed by atoms with E-state index in [0.29, 0.717) is 11.6 Å². The van der Waals surface area contributed by atoms with Crippen LogP contribution >= 0.6 is 0 Å². The number of carbonyl (C=O) groups is 1. The molecule has 1 N–H and O–H groups in total. The van der Waals surface area contributed by atoms with Crippen LogP contribution in [0.4, 0.5) is 24.8 Å². The van der Waals surface area contributed by atoms with E-state index in [4.69, 9.17) is 4.74 Å². The lowest BCUT2D eigenvalue weighted by Crippen LogP contribution is -2.54. The number of morpholine rings is 1. The van der Waals surface area contributed by atoms with Crippen molar-refractivity contribution in [3.63, 3.8) is 0 Å². The quantitative estimate of drug-likeness (QED) is 0.877. The predicted octanol–water partition coefficient (Wildman–Crippen LogP) is 0.744. The molecule has 2 heterocycles. The second-order valence-corrected chi connectivity index (χ2v) is 5.33. The maximum atomic E-state index is 12.6. The standard InChI is InChI=1S/C13H18F3N5O2/c1-20(2)12-17-5-9(6-18-12)19-11(22)10-7-23-4-3-21(10)8-13(14,15)16/h5-6,10H,3-4,7-8H2,1-2H3,(H,19,22). The Balaban J connectivity index is 2.02. The summed E-state index contributed by atoms with van der Waals surface area (Å²) >= 11 is 0. The second-order valence-electron chi connectivity index (χ2n) is 5.33. The molecule has 2 rings (SSSR count). The van der Waals surface area contributed by atoms with Crippen molar-refractivity contribution in [1.82, 2.24) is 14.9 Å². The molecule has 1 fully saturated rings. The SMILES string of the molecule is CN(C)c1ncc(NC(=O)C2COCCN2CC(F)(F)F)cn1. The van der Waals surface area contributed by atoms with E-state index in [2.05, 4.69) is 15.3 Å². The Labute approximate surface area is 131 Å². The van der Waals surface area contributed by atoms with Gasteiger partial charge in [0.25, 0.3) is 0 Å². The Morgan fingerprint density at radius 2 is 2.09 bits per heavy atom. The van der Waals surface area contributed by atoms with Crippen LogP contribution in [0.2, 0.25) is 0 Å². The van der Waals surface area contributed by atoms with Gasteiger partial charge in [0, 0.05) is 20.6 Å². The Hall–Kier alpha value is -1.94. The number of alkyl halides is 3. The van der Waals surface area contributed by atoms with E-state index in [-0.39, 0.29) is 19.8 Å². The largest absolute Gasteiger partial charge is 0.401 e. The number of hydrogen-bond donors (Lipinski definition) is 1. The molecule has 1 aliphatic heterocycles. The van der Waals surface area contributed by atoms with Gasteiger partial charge in [-0.3, -0.25) is 9.69 Å². The molecule has 0 spiro atoms. The first-order valence-electron chi connectivity index (χ1n) is 6.95. The normalized spacial score (nSPS) is 19.4. The predicted molar refractivity (Wildman–Crippen MR) is 77.2 cm³/mol. The maximum Gasteiger partial charge on any atom is 0.401 e. The summed E-state index contributed by atoms with van der Waals surface area (Å²) in [6.07, 6.45) is -1.57. The van der Waals surface area contributed by atoms with E-state index in [1.165, 1.54) is 12.4 Å². The van der Waals surface area contributed by atoms with Crippen LogP contribution in [-0.4, -0.2) is 73.4 Å². The number of nitrogens with zero attached hydrogens (tertiary/aromatic N) is 4. The Morgan fingerprint density at radius 1 is 1.43 bits per heavy atom. The zero-order chi connectivity index (χ0) is 17.0. The van der Waals surface area contributed by atoms with Gasteiger partial charge < -0.3 is 15.0 Å². The second kappa shape index (κ2) is 7.09. The Kier molecular flexibility index (Phi) is 5.37. The number of amides is 1. The van der Waals surface area contributed by atoms with Gasteiger partial charge in [-0.05, 0) is 0 Å². The van der Waals surface area contributed by atoms with Crippen molar-refractivity contribution in [1.29, 1.82) is 0 Å². The van der Waals surface area contributed by atoms with Crippen LogP contribution < -0.4 is 10.2 Å². The van der Waals surface area contributed by atoms with Crippen molar-refractivity contribution in [2.45, 2.75) is 12.2 Å². The lowest BCUT2D eigenvalue weighted by atomic mass is 10.2. The van der Waals surface area contributed by atoms with Gasteiger partial charge in [-0.1, -0.05) is 0 Å². The molecule has 1 atom stereocenters. The van der Waals surface area contributed by atoms with Gasteiger partial charge in [0.2, 0.25) is 11.9 Å². The minimum Gasteiger partial charge on any atom is -0.378 e. The first-order chi connectivity index (χ1) is 10.8. The van der Waals surface area contributed by atoms with Crippen molar-refractivity contribution in [2.24, 2.45) is 0 Å². The third kappa shape index (κ3) is 5.03. The van der Waals surface area contributed by atoms with Crippen LogP contribution in [-0.2, 0) is 9.53 Å². The summed E-state index contributed by atoms with van der Waals surface area (Å²) in [7, 11) is 3.53. The van der Waals surface area contributed by atoms with Gasteiger partial charge in [0.15, 0.2) is 0 Å². The number of rotatable bonds is 4. The van der Waals surface area contributed by atoms with Gasteiger partial charge in [0.1, 0.15) is 6.04 Å². The van der Waals surface area contributed by atoms with E-state index >= 15 is 0 Å². The van der Waals surface area contributed by atoms with Crippen LogP contribution in [0.25, 0.3) is 0 Å². The third-order valence-electron chi connectivity index (χ3n) is 3.23. The summed E-state index contributed by atoms with van der Waals surface area (Å²) in [5.74, 6) is -0.113. The van der Waals surface area contributed by atoms with Crippen molar-refractivity contribution in [2.75, 3.05) is 50.6 Å². The van der Waals surface area contributed by atoms with Crippen LogP contribution in [0.15, 0.2) is 12.4 Å². The molecule has 0 saturated carbocycles. The zero-order valence-corrected chi connectivity index (χ0v) is 12.8. The lowest BCUT2D eigenvalue weighted by Gasteiger charge is -2.34. The fourth-order valence-corrected chi connectivity index (χ4v) is 2.14. The highest BCUT2D eigenvalue weighted by molar-refractivity contribution is 5.94.